The van der Waals surface area contributed by atoms with Gasteiger partial charge in [0.1, 0.15) is 5.69 Å². The Hall–Kier alpha value is -2.46. The van der Waals surface area contributed by atoms with Gasteiger partial charge in [-0.05, 0) is 36.8 Å². The van der Waals surface area contributed by atoms with E-state index >= 15 is 0 Å². The number of carbonyl (C=O) groups excluding carboxylic acids is 1. The molecule has 104 valence electrons. The van der Waals surface area contributed by atoms with E-state index in [9.17, 15) is 4.79 Å². The van der Waals surface area contributed by atoms with E-state index < -0.39 is 0 Å². The van der Waals surface area contributed by atoms with Gasteiger partial charge in [-0.1, -0.05) is 41.1 Å². The molecule has 0 N–H and O–H groups in total. The first-order valence-corrected chi connectivity index (χ1v) is 6.81. The molecule has 0 bridgehead atoms. The summed E-state index contributed by atoms with van der Waals surface area (Å²) in [6, 6.07) is 14.7. The van der Waals surface area contributed by atoms with Crippen LogP contribution in [-0.2, 0) is 0 Å². The second kappa shape index (κ2) is 5.50. The van der Waals surface area contributed by atoms with Gasteiger partial charge in [0.25, 0.3) is 0 Å². The van der Waals surface area contributed by atoms with E-state index in [-0.39, 0.29) is 5.78 Å². The van der Waals surface area contributed by atoms with Crippen LogP contribution in [0.25, 0.3) is 5.69 Å². The van der Waals surface area contributed by atoms with E-state index in [1.54, 1.807) is 12.1 Å². The number of ketones is 1. The van der Waals surface area contributed by atoms with Crippen molar-refractivity contribution < 1.29 is 4.79 Å². The van der Waals surface area contributed by atoms with Crippen molar-refractivity contribution in [2.45, 2.75) is 6.92 Å². The Labute approximate surface area is 127 Å². The summed E-state index contributed by atoms with van der Waals surface area (Å²) in [4.78, 5) is 12.7. The molecule has 0 unspecified atom stereocenters. The number of hydrogen-bond donors (Lipinski definition) is 0. The Kier molecular flexibility index (Phi) is 3.54. The maximum Gasteiger partial charge on any atom is 0.213 e. The van der Waals surface area contributed by atoms with Crippen LogP contribution in [0.2, 0.25) is 5.02 Å². The third-order valence-electron chi connectivity index (χ3n) is 3.23. The van der Waals surface area contributed by atoms with Gasteiger partial charge in [0, 0.05) is 10.6 Å². The number of rotatable bonds is 3. The molecule has 5 heteroatoms. The Balaban J connectivity index is 2.08. The highest BCUT2D eigenvalue weighted by atomic mass is 35.5. The summed E-state index contributed by atoms with van der Waals surface area (Å²) >= 11 is 5.99. The monoisotopic (exact) mass is 297 g/mol. The van der Waals surface area contributed by atoms with Gasteiger partial charge in [-0.25, -0.2) is 4.68 Å². The molecule has 1 heterocycles. The molecule has 4 nitrogen and oxygen atoms in total. The lowest BCUT2D eigenvalue weighted by atomic mass is 10.0. The fraction of sp³-hybridized carbons (Fsp3) is 0.0625. The van der Waals surface area contributed by atoms with Gasteiger partial charge in [-0.2, -0.15) is 0 Å². The first-order chi connectivity index (χ1) is 10.2. The van der Waals surface area contributed by atoms with Crippen molar-refractivity contribution in [2.75, 3.05) is 0 Å². The fourth-order valence-electron chi connectivity index (χ4n) is 2.13. The van der Waals surface area contributed by atoms with Gasteiger partial charge in [-0.15, -0.1) is 5.10 Å². The number of benzene rings is 2. The van der Waals surface area contributed by atoms with E-state index in [4.69, 9.17) is 11.6 Å². The quantitative estimate of drug-likeness (QED) is 0.696. The molecule has 1 aromatic heterocycles. The van der Waals surface area contributed by atoms with E-state index in [1.165, 1.54) is 10.9 Å². The molecule has 21 heavy (non-hydrogen) atoms. The molecule has 0 atom stereocenters. The standard InChI is InChI=1S/C16H12ClN3O/c1-11-7-8-12(17)9-14(11)16(21)15-10-18-19-20(15)13-5-3-2-4-6-13/h2-10H,1H3. The van der Waals surface area contributed by atoms with Gasteiger partial charge < -0.3 is 0 Å². The van der Waals surface area contributed by atoms with Crippen molar-refractivity contribution in [3.63, 3.8) is 0 Å². The lowest BCUT2D eigenvalue weighted by Gasteiger charge is -2.07. The van der Waals surface area contributed by atoms with Gasteiger partial charge in [0.2, 0.25) is 5.78 Å². The highest BCUT2D eigenvalue weighted by molar-refractivity contribution is 6.31. The van der Waals surface area contributed by atoms with Crippen LogP contribution in [0.15, 0.2) is 54.7 Å². The van der Waals surface area contributed by atoms with E-state index in [0.717, 1.165) is 11.3 Å². The van der Waals surface area contributed by atoms with Gasteiger partial charge in [0.05, 0.1) is 11.9 Å². The molecule has 0 radical (unpaired) electrons. The van der Waals surface area contributed by atoms with E-state index in [0.29, 0.717) is 16.3 Å². The predicted octanol–water partition coefficient (Wildman–Crippen LogP) is 3.46. The lowest BCUT2D eigenvalue weighted by Crippen LogP contribution is -2.11. The van der Waals surface area contributed by atoms with Crippen LogP contribution in [0.1, 0.15) is 21.6 Å². The fourth-order valence-corrected chi connectivity index (χ4v) is 2.30. The number of carbonyl (C=O) groups is 1. The van der Waals surface area contributed by atoms with Crippen molar-refractivity contribution in [2.24, 2.45) is 0 Å². The van der Waals surface area contributed by atoms with Crippen LogP contribution >= 0.6 is 11.6 Å². The molecule has 0 amide bonds. The minimum atomic E-state index is -0.149. The first kappa shape index (κ1) is 13.5. The maximum atomic E-state index is 12.7. The normalized spacial score (nSPS) is 10.6. The summed E-state index contributed by atoms with van der Waals surface area (Å²) in [6.45, 7) is 1.88. The molecule has 0 fully saturated rings. The number of nitrogens with zero attached hydrogens (tertiary/aromatic N) is 3. The number of aromatic nitrogens is 3. The summed E-state index contributed by atoms with van der Waals surface area (Å²) < 4.78 is 1.53. The zero-order chi connectivity index (χ0) is 14.8. The van der Waals surface area contributed by atoms with Gasteiger partial charge in [-0.3, -0.25) is 4.79 Å². The molecule has 0 saturated carbocycles. The Morgan fingerprint density at radius 1 is 1.14 bits per heavy atom. The van der Waals surface area contributed by atoms with E-state index in [1.807, 2.05) is 43.3 Å². The molecular formula is C16H12ClN3O. The predicted molar refractivity (Wildman–Crippen MR) is 81.0 cm³/mol. The third kappa shape index (κ3) is 2.58. The molecule has 3 aromatic rings. The lowest BCUT2D eigenvalue weighted by molar-refractivity contribution is 0.103. The zero-order valence-corrected chi connectivity index (χ0v) is 12.1. The summed E-state index contributed by atoms with van der Waals surface area (Å²) in [5.74, 6) is -0.149. The zero-order valence-electron chi connectivity index (χ0n) is 11.3. The average molecular weight is 298 g/mol. The average Bonchev–Trinajstić information content (AvgIpc) is 2.99. The van der Waals surface area contributed by atoms with Crippen LogP contribution in [-0.4, -0.2) is 20.8 Å². The highest BCUT2D eigenvalue weighted by Gasteiger charge is 2.18. The molecule has 0 aliphatic heterocycles. The van der Waals surface area contributed by atoms with Gasteiger partial charge in [0.15, 0.2) is 0 Å². The molecule has 3 rings (SSSR count). The largest absolute Gasteiger partial charge is 0.287 e. The Bertz CT molecular complexity index is 796. The Morgan fingerprint density at radius 3 is 2.67 bits per heavy atom. The minimum Gasteiger partial charge on any atom is -0.287 e. The number of hydrogen-bond acceptors (Lipinski definition) is 3. The number of halogens is 1. The second-order valence-electron chi connectivity index (χ2n) is 4.65. The van der Waals surface area contributed by atoms with Crippen molar-refractivity contribution in [1.82, 2.24) is 15.0 Å². The van der Waals surface area contributed by atoms with Crippen LogP contribution in [0.3, 0.4) is 0 Å². The molecule has 0 spiro atoms. The van der Waals surface area contributed by atoms with Crippen molar-refractivity contribution in [3.05, 3.63) is 76.6 Å². The third-order valence-corrected chi connectivity index (χ3v) is 3.46. The highest BCUT2D eigenvalue weighted by Crippen LogP contribution is 2.20. The second-order valence-corrected chi connectivity index (χ2v) is 5.09. The Morgan fingerprint density at radius 2 is 1.90 bits per heavy atom. The summed E-state index contributed by atoms with van der Waals surface area (Å²) in [6.07, 6.45) is 1.47. The summed E-state index contributed by atoms with van der Waals surface area (Å²) in [5.41, 5.74) is 2.62. The van der Waals surface area contributed by atoms with Crippen molar-refractivity contribution in [1.29, 1.82) is 0 Å². The maximum absolute atomic E-state index is 12.7. The number of aryl methyl sites for hydroxylation is 1. The van der Waals surface area contributed by atoms with Gasteiger partial charge >= 0.3 is 0 Å². The molecule has 0 aliphatic carbocycles. The topological polar surface area (TPSA) is 47.8 Å². The molecule has 2 aromatic carbocycles. The van der Waals surface area contributed by atoms with Crippen LogP contribution in [0, 0.1) is 6.92 Å². The minimum absolute atomic E-state index is 0.149. The smallest absolute Gasteiger partial charge is 0.213 e. The molecule has 0 aliphatic rings. The molecule has 0 saturated heterocycles. The first-order valence-electron chi connectivity index (χ1n) is 6.44. The molecular weight excluding hydrogens is 286 g/mol. The van der Waals surface area contributed by atoms with E-state index in [2.05, 4.69) is 10.3 Å². The van der Waals surface area contributed by atoms with Crippen molar-refractivity contribution in [3.8, 4) is 5.69 Å². The van der Waals surface area contributed by atoms with Crippen molar-refractivity contribution >= 4 is 17.4 Å². The van der Waals surface area contributed by atoms with Crippen LogP contribution in [0.5, 0.6) is 0 Å². The van der Waals surface area contributed by atoms with Crippen LogP contribution in [0.4, 0.5) is 0 Å². The van der Waals surface area contributed by atoms with Crippen LogP contribution < -0.4 is 0 Å². The SMILES string of the molecule is Cc1ccc(Cl)cc1C(=O)c1cnnn1-c1ccccc1. The number of para-hydroxylation sites is 1. The summed E-state index contributed by atoms with van der Waals surface area (Å²) in [7, 11) is 0. The summed E-state index contributed by atoms with van der Waals surface area (Å²) in [5, 5.41) is 8.38.